The van der Waals surface area contributed by atoms with Gasteiger partial charge in [-0.15, -0.1) is 0 Å². The highest BCUT2D eigenvalue weighted by Crippen LogP contribution is 2.30. The number of amides is 2. The van der Waals surface area contributed by atoms with Crippen molar-refractivity contribution < 1.29 is 18.0 Å². The summed E-state index contributed by atoms with van der Waals surface area (Å²) in [6.45, 7) is 5.36. The largest absolute Gasteiger partial charge is 0.352 e. The molecule has 4 rings (SSSR count). The van der Waals surface area contributed by atoms with Crippen LogP contribution in [0.5, 0.6) is 0 Å². The molecule has 1 saturated carbocycles. The van der Waals surface area contributed by atoms with Crippen molar-refractivity contribution in [2.45, 2.75) is 82.3 Å². The van der Waals surface area contributed by atoms with Crippen LogP contribution < -0.4 is 9.62 Å². The molecule has 7 nitrogen and oxygen atoms in total. The van der Waals surface area contributed by atoms with Gasteiger partial charge in [-0.25, -0.2) is 8.42 Å². The van der Waals surface area contributed by atoms with Gasteiger partial charge in [-0.05, 0) is 67.1 Å². The molecule has 3 aromatic rings. The zero-order valence-electron chi connectivity index (χ0n) is 24.8. The van der Waals surface area contributed by atoms with E-state index in [0.29, 0.717) is 27.7 Å². The summed E-state index contributed by atoms with van der Waals surface area (Å²) in [5.41, 5.74) is 1.88. The molecule has 0 aromatic heterocycles. The summed E-state index contributed by atoms with van der Waals surface area (Å²) in [4.78, 5) is 29.4. The van der Waals surface area contributed by atoms with Crippen molar-refractivity contribution in [3.05, 3.63) is 94.0 Å². The third-order valence-corrected chi connectivity index (χ3v) is 10.4. The highest BCUT2D eigenvalue weighted by atomic mass is 35.5. The molecule has 0 saturated heterocycles. The van der Waals surface area contributed by atoms with Crippen molar-refractivity contribution in [3.63, 3.8) is 0 Å². The molecule has 1 unspecified atom stereocenters. The summed E-state index contributed by atoms with van der Waals surface area (Å²) < 4.78 is 29.1. The Hall–Kier alpha value is -3.07. The number of rotatable bonds is 12. The van der Waals surface area contributed by atoms with Gasteiger partial charge in [0.05, 0.1) is 10.6 Å². The Labute approximate surface area is 265 Å². The van der Waals surface area contributed by atoms with Gasteiger partial charge in [-0.2, -0.15) is 0 Å². The summed E-state index contributed by atoms with van der Waals surface area (Å²) in [7, 11) is -4.14. The SMILES string of the molecule is CCC(C(=O)NC1CCCC1)N(Cc1c(Cl)cccc1Cl)C(=O)CN(c1ccc(C(C)C)cc1)S(=O)(=O)c1ccccc1. The number of carbonyl (C=O) groups excluding carboxylic acids is 2. The number of hydrogen-bond acceptors (Lipinski definition) is 4. The average molecular weight is 645 g/mol. The maximum absolute atomic E-state index is 14.3. The first-order valence-corrected chi connectivity index (χ1v) is 16.9. The molecule has 1 N–H and O–H groups in total. The predicted octanol–water partition coefficient (Wildman–Crippen LogP) is 7.18. The molecule has 1 atom stereocenters. The lowest BCUT2D eigenvalue weighted by Crippen LogP contribution is -2.53. The Bertz CT molecular complexity index is 1490. The Morgan fingerprint density at radius 2 is 1.51 bits per heavy atom. The van der Waals surface area contributed by atoms with Gasteiger partial charge in [0.2, 0.25) is 11.8 Å². The van der Waals surface area contributed by atoms with Crippen LogP contribution in [0.25, 0.3) is 0 Å². The fourth-order valence-corrected chi connectivity index (χ4v) is 7.37. The number of sulfonamides is 1. The van der Waals surface area contributed by atoms with Gasteiger partial charge in [0, 0.05) is 28.2 Å². The van der Waals surface area contributed by atoms with Crippen molar-refractivity contribution in [1.82, 2.24) is 10.2 Å². The van der Waals surface area contributed by atoms with Crippen LogP contribution in [-0.2, 0) is 26.2 Å². The molecule has 3 aromatic carbocycles. The minimum Gasteiger partial charge on any atom is -0.352 e. The molecule has 1 aliphatic carbocycles. The molecule has 1 fully saturated rings. The fourth-order valence-electron chi connectivity index (χ4n) is 5.41. The average Bonchev–Trinajstić information content (AvgIpc) is 3.50. The first-order valence-electron chi connectivity index (χ1n) is 14.7. The van der Waals surface area contributed by atoms with Crippen LogP contribution in [-0.4, -0.2) is 43.8 Å². The van der Waals surface area contributed by atoms with E-state index < -0.39 is 28.5 Å². The summed E-state index contributed by atoms with van der Waals surface area (Å²) >= 11 is 13.0. The Kier molecular flexibility index (Phi) is 11.2. The zero-order chi connectivity index (χ0) is 31.1. The Balaban J connectivity index is 1.74. The maximum Gasteiger partial charge on any atom is 0.264 e. The molecule has 0 spiro atoms. The van der Waals surface area contributed by atoms with E-state index >= 15 is 0 Å². The Morgan fingerprint density at radius 1 is 0.907 bits per heavy atom. The van der Waals surface area contributed by atoms with Gasteiger partial charge in [-0.3, -0.25) is 13.9 Å². The van der Waals surface area contributed by atoms with Crippen LogP contribution in [0.1, 0.15) is 69.9 Å². The fraction of sp³-hybridized carbons (Fsp3) is 0.394. The normalized spacial score (nSPS) is 14.5. The van der Waals surface area contributed by atoms with E-state index in [0.717, 1.165) is 35.6 Å². The van der Waals surface area contributed by atoms with E-state index in [2.05, 4.69) is 19.2 Å². The number of halogens is 2. The van der Waals surface area contributed by atoms with Crippen LogP contribution >= 0.6 is 23.2 Å². The molecule has 43 heavy (non-hydrogen) atoms. The lowest BCUT2D eigenvalue weighted by atomic mass is 10.0. The van der Waals surface area contributed by atoms with Crippen LogP contribution in [0.3, 0.4) is 0 Å². The van der Waals surface area contributed by atoms with E-state index in [4.69, 9.17) is 23.2 Å². The number of nitrogens with one attached hydrogen (secondary N) is 1. The van der Waals surface area contributed by atoms with Gasteiger partial charge in [0.15, 0.2) is 0 Å². The minimum absolute atomic E-state index is 0.0526. The van der Waals surface area contributed by atoms with Gasteiger partial charge in [0.25, 0.3) is 10.0 Å². The summed E-state index contributed by atoms with van der Waals surface area (Å²) in [6, 6.07) is 19.4. The number of hydrogen-bond donors (Lipinski definition) is 1. The van der Waals surface area contributed by atoms with E-state index in [1.54, 1.807) is 48.5 Å². The van der Waals surface area contributed by atoms with E-state index in [1.165, 1.54) is 17.0 Å². The Morgan fingerprint density at radius 3 is 2.07 bits per heavy atom. The van der Waals surface area contributed by atoms with E-state index in [1.807, 2.05) is 19.1 Å². The first kappa shape index (κ1) is 32.8. The van der Waals surface area contributed by atoms with Crippen LogP contribution in [0.2, 0.25) is 10.0 Å². The van der Waals surface area contributed by atoms with Crippen LogP contribution in [0, 0.1) is 0 Å². The molecular weight excluding hydrogens is 605 g/mol. The van der Waals surface area contributed by atoms with Crippen molar-refractivity contribution in [2.75, 3.05) is 10.8 Å². The second kappa shape index (κ2) is 14.6. The third-order valence-electron chi connectivity index (χ3n) is 7.94. The van der Waals surface area contributed by atoms with Gasteiger partial charge in [0.1, 0.15) is 12.6 Å². The standard InChI is InChI=1S/C33H39Cl2N3O4S/c1-4-31(33(40)36-25-11-8-9-12-25)37(21-28-29(34)15-10-16-30(28)35)32(39)22-38(26-19-17-24(18-20-26)23(2)3)43(41,42)27-13-6-5-7-14-27/h5-7,10,13-20,23,25,31H,4,8-9,11-12,21-22H2,1-3H3,(H,36,40). The lowest BCUT2D eigenvalue weighted by molar-refractivity contribution is -0.140. The molecule has 10 heteroatoms. The third kappa shape index (κ3) is 7.91. The van der Waals surface area contributed by atoms with E-state index in [9.17, 15) is 18.0 Å². The molecule has 0 aliphatic heterocycles. The number of benzene rings is 3. The number of nitrogens with zero attached hydrogens (tertiary/aromatic N) is 2. The second-order valence-electron chi connectivity index (χ2n) is 11.2. The highest BCUT2D eigenvalue weighted by Gasteiger charge is 2.35. The summed E-state index contributed by atoms with van der Waals surface area (Å²) in [5, 5.41) is 3.82. The molecule has 230 valence electrons. The minimum atomic E-state index is -4.14. The van der Waals surface area contributed by atoms with Crippen LogP contribution in [0.4, 0.5) is 5.69 Å². The molecule has 1 aliphatic rings. The smallest absolute Gasteiger partial charge is 0.264 e. The highest BCUT2D eigenvalue weighted by molar-refractivity contribution is 7.92. The lowest BCUT2D eigenvalue weighted by Gasteiger charge is -2.34. The number of anilines is 1. The molecule has 0 heterocycles. The van der Waals surface area contributed by atoms with Gasteiger partial charge >= 0.3 is 0 Å². The monoisotopic (exact) mass is 643 g/mol. The van der Waals surface area contributed by atoms with Crippen LogP contribution in [0.15, 0.2) is 77.7 Å². The number of carbonyl (C=O) groups is 2. The van der Waals surface area contributed by atoms with Crippen molar-refractivity contribution in [3.8, 4) is 0 Å². The van der Waals surface area contributed by atoms with Crippen molar-refractivity contribution in [2.24, 2.45) is 0 Å². The maximum atomic E-state index is 14.3. The summed E-state index contributed by atoms with van der Waals surface area (Å²) in [5.74, 6) is -0.573. The predicted molar refractivity (Wildman–Crippen MR) is 173 cm³/mol. The summed E-state index contributed by atoms with van der Waals surface area (Å²) in [6.07, 6.45) is 4.19. The van der Waals surface area contributed by atoms with Gasteiger partial charge < -0.3 is 10.2 Å². The van der Waals surface area contributed by atoms with Crippen molar-refractivity contribution in [1.29, 1.82) is 0 Å². The quantitative estimate of drug-likeness (QED) is 0.226. The van der Waals surface area contributed by atoms with Gasteiger partial charge in [-0.1, -0.05) is 93.2 Å². The molecule has 0 radical (unpaired) electrons. The molecule has 2 amide bonds. The zero-order valence-corrected chi connectivity index (χ0v) is 27.1. The molecular formula is C33H39Cl2N3O4S. The molecule has 0 bridgehead atoms. The van der Waals surface area contributed by atoms with Crippen molar-refractivity contribution >= 4 is 50.7 Å². The topological polar surface area (TPSA) is 86.8 Å². The second-order valence-corrected chi connectivity index (χ2v) is 13.9. The van der Waals surface area contributed by atoms with E-state index in [-0.39, 0.29) is 29.3 Å². The first-order chi connectivity index (χ1) is 20.5.